The largest absolute Gasteiger partial charge is 0.482 e. The summed E-state index contributed by atoms with van der Waals surface area (Å²) in [5.74, 6) is -1.36. The zero-order chi connectivity index (χ0) is 13.5. The molecular formula is C11H9ClN2O4. The maximum atomic E-state index is 11.1. The van der Waals surface area contributed by atoms with Gasteiger partial charge in [0.15, 0.2) is 6.61 Å². The van der Waals surface area contributed by atoms with Crippen molar-refractivity contribution < 1.29 is 19.4 Å². The molecule has 18 heavy (non-hydrogen) atoms. The number of nitriles is 1. The number of ether oxygens (including phenoxy) is 1. The van der Waals surface area contributed by atoms with Crippen molar-refractivity contribution in [3.63, 3.8) is 0 Å². The van der Waals surface area contributed by atoms with Crippen molar-refractivity contribution in [2.24, 2.45) is 0 Å². The molecule has 0 bridgehead atoms. The standard InChI is InChI=1S/C11H9ClN2O4/c12-8-5-7(11(16)17)1-2-9(8)18-6-10(15)14-4-3-13/h1-2,5H,4,6H2,(H,14,15)(H,16,17). The number of nitrogens with zero attached hydrogens (tertiary/aromatic N) is 1. The van der Waals surface area contributed by atoms with Crippen molar-refractivity contribution in [2.75, 3.05) is 13.2 Å². The molecule has 0 aliphatic rings. The molecule has 0 radical (unpaired) electrons. The summed E-state index contributed by atoms with van der Waals surface area (Å²) in [6.45, 7) is -0.401. The Hall–Kier alpha value is -2.26. The topological polar surface area (TPSA) is 99.4 Å². The van der Waals surface area contributed by atoms with E-state index in [1.54, 1.807) is 6.07 Å². The lowest BCUT2D eigenvalue weighted by Crippen LogP contribution is -2.29. The van der Waals surface area contributed by atoms with Gasteiger partial charge in [0.2, 0.25) is 0 Å². The molecule has 2 N–H and O–H groups in total. The predicted octanol–water partition coefficient (Wildman–Crippen LogP) is 1.06. The first-order chi connectivity index (χ1) is 8.54. The molecule has 0 saturated carbocycles. The van der Waals surface area contributed by atoms with Gasteiger partial charge in [-0.2, -0.15) is 5.26 Å². The number of carbonyl (C=O) groups excluding carboxylic acids is 1. The average Bonchev–Trinajstić information content (AvgIpc) is 2.34. The van der Waals surface area contributed by atoms with Crippen molar-refractivity contribution in [3.8, 4) is 11.8 Å². The fraction of sp³-hybridized carbons (Fsp3) is 0.182. The number of benzene rings is 1. The van der Waals surface area contributed by atoms with Crippen molar-refractivity contribution >= 4 is 23.5 Å². The molecule has 0 saturated heterocycles. The van der Waals surface area contributed by atoms with Gasteiger partial charge in [-0.1, -0.05) is 11.6 Å². The number of amides is 1. The van der Waals surface area contributed by atoms with Crippen LogP contribution in [0.25, 0.3) is 0 Å². The summed E-state index contributed by atoms with van der Waals surface area (Å²) in [6.07, 6.45) is 0. The lowest BCUT2D eigenvalue weighted by molar-refractivity contribution is -0.122. The van der Waals surface area contributed by atoms with Crippen LogP contribution in [0.2, 0.25) is 5.02 Å². The predicted molar refractivity (Wildman–Crippen MR) is 62.5 cm³/mol. The monoisotopic (exact) mass is 268 g/mol. The summed E-state index contributed by atoms with van der Waals surface area (Å²) < 4.78 is 5.08. The molecule has 0 atom stereocenters. The van der Waals surface area contributed by atoms with Crippen LogP contribution < -0.4 is 10.1 Å². The molecule has 0 aromatic heterocycles. The van der Waals surface area contributed by atoms with Crippen LogP contribution in [0.5, 0.6) is 5.75 Å². The zero-order valence-corrected chi connectivity index (χ0v) is 9.90. The molecule has 1 aromatic rings. The van der Waals surface area contributed by atoms with E-state index in [9.17, 15) is 9.59 Å². The smallest absolute Gasteiger partial charge is 0.335 e. The molecule has 0 aliphatic heterocycles. The van der Waals surface area contributed by atoms with Gasteiger partial charge in [-0.25, -0.2) is 4.79 Å². The molecule has 94 valence electrons. The summed E-state index contributed by atoms with van der Waals surface area (Å²) in [4.78, 5) is 21.8. The van der Waals surface area contributed by atoms with E-state index in [1.807, 2.05) is 0 Å². The van der Waals surface area contributed by atoms with Gasteiger partial charge >= 0.3 is 5.97 Å². The molecule has 0 fully saturated rings. The van der Waals surface area contributed by atoms with E-state index in [0.29, 0.717) is 0 Å². The van der Waals surface area contributed by atoms with E-state index < -0.39 is 11.9 Å². The Morgan fingerprint density at radius 2 is 2.22 bits per heavy atom. The maximum Gasteiger partial charge on any atom is 0.335 e. The summed E-state index contributed by atoms with van der Waals surface area (Å²) in [5, 5.41) is 19.4. The Kier molecular flexibility index (Phi) is 4.96. The van der Waals surface area contributed by atoms with E-state index in [-0.39, 0.29) is 29.5 Å². The van der Waals surface area contributed by atoms with Crippen molar-refractivity contribution in [2.45, 2.75) is 0 Å². The van der Waals surface area contributed by atoms with Gasteiger partial charge in [0, 0.05) is 0 Å². The Bertz CT molecular complexity index is 510. The van der Waals surface area contributed by atoms with Crippen LogP contribution in [0.1, 0.15) is 10.4 Å². The zero-order valence-electron chi connectivity index (χ0n) is 9.14. The molecular weight excluding hydrogens is 260 g/mol. The van der Waals surface area contributed by atoms with E-state index in [2.05, 4.69) is 5.32 Å². The molecule has 7 heteroatoms. The number of carbonyl (C=O) groups is 2. The Labute approximate surface area is 108 Å². The minimum Gasteiger partial charge on any atom is -0.482 e. The minimum absolute atomic E-state index is 0.0290. The van der Waals surface area contributed by atoms with Gasteiger partial charge in [0.05, 0.1) is 16.7 Å². The van der Waals surface area contributed by atoms with Crippen LogP contribution >= 0.6 is 11.6 Å². The van der Waals surface area contributed by atoms with Crippen LogP contribution in [0.15, 0.2) is 18.2 Å². The molecule has 0 aliphatic carbocycles. The van der Waals surface area contributed by atoms with Crippen LogP contribution in [0.3, 0.4) is 0 Å². The number of carboxylic acids is 1. The maximum absolute atomic E-state index is 11.1. The number of hydrogen-bond donors (Lipinski definition) is 2. The van der Waals surface area contributed by atoms with E-state index in [4.69, 9.17) is 26.7 Å². The second-order valence-corrected chi connectivity index (χ2v) is 3.58. The molecule has 0 heterocycles. The van der Waals surface area contributed by atoms with E-state index in [1.165, 1.54) is 18.2 Å². The SMILES string of the molecule is N#CCNC(=O)COc1ccc(C(=O)O)cc1Cl. The highest BCUT2D eigenvalue weighted by atomic mass is 35.5. The number of aromatic carboxylic acids is 1. The molecule has 1 rings (SSSR count). The molecule has 6 nitrogen and oxygen atoms in total. The van der Waals surface area contributed by atoms with Crippen molar-refractivity contribution in [1.29, 1.82) is 5.26 Å². The van der Waals surface area contributed by atoms with Gasteiger partial charge in [0.25, 0.3) is 5.91 Å². The van der Waals surface area contributed by atoms with Crippen molar-refractivity contribution in [1.82, 2.24) is 5.32 Å². The van der Waals surface area contributed by atoms with Crippen LogP contribution in [-0.2, 0) is 4.79 Å². The van der Waals surface area contributed by atoms with Crippen LogP contribution in [0, 0.1) is 11.3 Å². The first kappa shape index (κ1) is 13.8. The number of carboxylic acid groups (broad SMARTS) is 1. The summed E-state index contributed by atoms with van der Waals surface area (Å²) in [6, 6.07) is 5.66. The molecule has 0 unspecified atom stereocenters. The molecule has 1 aromatic carbocycles. The highest BCUT2D eigenvalue weighted by Gasteiger charge is 2.09. The van der Waals surface area contributed by atoms with Crippen molar-refractivity contribution in [3.05, 3.63) is 28.8 Å². The summed E-state index contributed by atoms with van der Waals surface area (Å²) >= 11 is 5.79. The first-order valence-corrected chi connectivity index (χ1v) is 5.21. The van der Waals surface area contributed by atoms with Crippen LogP contribution in [-0.4, -0.2) is 30.1 Å². The number of halogens is 1. The minimum atomic E-state index is -1.10. The van der Waals surface area contributed by atoms with Crippen LogP contribution in [0.4, 0.5) is 0 Å². The average molecular weight is 269 g/mol. The highest BCUT2D eigenvalue weighted by Crippen LogP contribution is 2.25. The second kappa shape index (κ2) is 6.47. The Morgan fingerprint density at radius 3 is 2.78 bits per heavy atom. The fourth-order valence-corrected chi connectivity index (χ4v) is 1.32. The quantitative estimate of drug-likeness (QED) is 0.778. The van der Waals surface area contributed by atoms with Gasteiger partial charge in [-0.15, -0.1) is 0 Å². The summed E-state index contributed by atoms with van der Waals surface area (Å²) in [7, 11) is 0. The van der Waals surface area contributed by atoms with E-state index >= 15 is 0 Å². The lowest BCUT2D eigenvalue weighted by atomic mass is 10.2. The van der Waals surface area contributed by atoms with E-state index in [0.717, 1.165) is 0 Å². The third-order valence-electron chi connectivity index (χ3n) is 1.90. The van der Waals surface area contributed by atoms with Gasteiger partial charge < -0.3 is 15.2 Å². The molecule has 0 spiro atoms. The number of hydrogen-bond acceptors (Lipinski definition) is 4. The highest BCUT2D eigenvalue weighted by molar-refractivity contribution is 6.32. The third kappa shape index (κ3) is 3.96. The Morgan fingerprint density at radius 1 is 1.50 bits per heavy atom. The number of rotatable bonds is 5. The van der Waals surface area contributed by atoms with Gasteiger partial charge in [-0.05, 0) is 18.2 Å². The van der Waals surface area contributed by atoms with Gasteiger partial charge in [-0.3, -0.25) is 4.79 Å². The summed E-state index contributed by atoms with van der Waals surface area (Å²) in [5.41, 5.74) is 0.0290. The molecule has 1 amide bonds. The normalized spacial score (nSPS) is 9.33. The fourth-order valence-electron chi connectivity index (χ4n) is 1.08. The second-order valence-electron chi connectivity index (χ2n) is 3.17. The first-order valence-electron chi connectivity index (χ1n) is 4.84. The third-order valence-corrected chi connectivity index (χ3v) is 2.20. The number of nitrogens with one attached hydrogen (secondary N) is 1. The Balaban J connectivity index is 2.61. The lowest BCUT2D eigenvalue weighted by Gasteiger charge is -2.07. The van der Waals surface area contributed by atoms with Gasteiger partial charge in [0.1, 0.15) is 12.3 Å².